The minimum Gasteiger partial charge on any atom is -0.385 e. The quantitative estimate of drug-likeness (QED) is 0.766. The van der Waals surface area contributed by atoms with Crippen LogP contribution in [-0.4, -0.2) is 29.0 Å². The summed E-state index contributed by atoms with van der Waals surface area (Å²) >= 11 is 0. The van der Waals surface area contributed by atoms with Crippen LogP contribution in [0.5, 0.6) is 0 Å². The third-order valence-electron chi connectivity index (χ3n) is 2.86. The van der Waals surface area contributed by atoms with Gasteiger partial charge < -0.3 is 15.7 Å². The van der Waals surface area contributed by atoms with E-state index in [0.717, 1.165) is 0 Å². The number of carbonyl (C=O) groups is 2. The van der Waals surface area contributed by atoms with Crippen LogP contribution in [0, 0.1) is 0 Å². The van der Waals surface area contributed by atoms with Gasteiger partial charge >= 0.3 is 0 Å². The first-order chi connectivity index (χ1) is 9.60. The van der Waals surface area contributed by atoms with E-state index in [1.165, 1.54) is 0 Å². The zero-order chi connectivity index (χ0) is 16.1. The van der Waals surface area contributed by atoms with Gasteiger partial charge in [0.2, 0.25) is 11.8 Å². The predicted octanol–water partition coefficient (Wildman–Crippen LogP) is 1.32. The Morgan fingerprint density at radius 1 is 1.05 bits per heavy atom. The highest BCUT2D eigenvalue weighted by molar-refractivity contribution is 5.85. The maximum absolute atomic E-state index is 11.9. The molecule has 0 saturated heterocycles. The Hall–Kier alpha value is -1.88. The van der Waals surface area contributed by atoms with E-state index >= 15 is 0 Å². The van der Waals surface area contributed by atoms with E-state index < -0.39 is 5.60 Å². The summed E-state index contributed by atoms with van der Waals surface area (Å²) in [6.45, 7) is 7.09. The highest BCUT2D eigenvalue weighted by Crippen LogP contribution is 2.23. The number of nitrogens with one attached hydrogen (secondary N) is 2. The number of hydrogen-bond acceptors (Lipinski definition) is 3. The van der Waals surface area contributed by atoms with Crippen LogP contribution in [0.2, 0.25) is 0 Å². The van der Waals surface area contributed by atoms with Crippen molar-refractivity contribution in [2.24, 2.45) is 0 Å². The Balaban J connectivity index is 2.49. The number of rotatable bonds is 5. The van der Waals surface area contributed by atoms with Crippen LogP contribution in [0.1, 0.15) is 39.7 Å². The first-order valence-corrected chi connectivity index (χ1v) is 6.96. The first-order valence-electron chi connectivity index (χ1n) is 6.96. The van der Waals surface area contributed by atoms with Gasteiger partial charge in [0.05, 0.1) is 18.6 Å². The van der Waals surface area contributed by atoms with E-state index in [0.29, 0.717) is 5.56 Å². The molecule has 1 aromatic carbocycles. The van der Waals surface area contributed by atoms with Gasteiger partial charge in [-0.2, -0.15) is 0 Å². The summed E-state index contributed by atoms with van der Waals surface area (Å²) in [7, 11) is 0. The van der Waals surface area contributed by atoms with E-state index in [-0.39, 0.29) is 30.3 Å². The normalized spacial score (nSPS) is 14.1. The number of aliphatic hydroxyl groups is 1. The molecule has 0 aliphatic heterocycles. The third-order valence-corrected chi connectivity index (χ3v) is 2.86. The molecule has 116 valence electrons. The molecule has 3 N–H and O–H groups in total. The van der Waals surface area contributed by atoms with Crippen LogP contribution in [0.15, 0.2) is 30.3 Å². The minimum absolute atomic E-state index is 0.0963. The summed E-state index contributed by atoms with van der Waals surface area (Å²) in [6, 6.07) is 8.98. The lowest BCUT2D eigenvalue weighted by Gasteiger charge is -2.24. The molecule has 1 unspecified atom stereocenters. The Kier molecular flexibility index (Phi) is 5.49. The maximum atomic E-state index is 11.9. The van der Waals surface area contributed by atoms with Crippen LogP contribution in [0.3, 0.4) is 0 Å². The van der Waals surface area contributed by atoms with Gasteiger partial charge in [-0.25, -0.2) is 0 Å². The molecule has 0 heterocycles. The summed E-state index contributed by atoms with van der Waals surface area (Å²) in [5.74, 6) is -0.622. The Morgan fingerprint density at radius 2 is 1.62 bits per heavy atom. The van der Waals surface area contributed by atoms with Crippen LogP contribution in [0.4, 0.5) is 0 Å². The van der Waals surface area contributed by atoms with Crippen molar-refractivity contribution in [3.63, 3.8) is 0 Å². The average molecular weight is 292 g/mol. The van der Waals surface area contributed by atoms with Gasteiger partial charge in [-0.15, -0.1) is 0 Å². The molecule has 0 aliphatic carbocycles. The van der Waals surface area contributed by atoms with E-state index in [1.54, 1.807) is 31.2 Å². The van der Waals surface area contributed by atoms with E-state index in [2.05, 4.69) is 10.6 Å². The number of carbonyl (C=O) groups excluding carboxylic acids is 2. The topological polar surface area (TPSA) is 78.4 Å². The molecule has 0 bridgehead atoms. The van der Waals surface area contributed by atoms with Crippen molar-refractivity contribution < 1.29 is 14.7 Å². The fraction of sp³-hybridized carbons (Fsp3) is 0.500. The molecule has 0 radical (unpaired) electrons. The van der Waals surface area contributed by atoms with Crippen LogP contribution in [-0.2, 0) is 15.2 Å². The minimum atomic E-state index is -1.26. The van der Waals surface area contributed by atoms with E-state index in [1.807, 2.05) is 26.8 Å². The summed E-state index contributed by atoms with van der Waals surface area (Å²) < 4.78 is 0. The third kappa shape index (κ3) is 6.40. The van der Waals surface area contributed by atoms with Crippen molar-refractivity contribution in [3.8, 4) is 0 Å². The van der Waals surface area contributed by atoms with E-state index in [9.17, 15) is 14.7 Å². The van der Waals surface area contributed by atoms with Crippen LogP contribution in [0.25, 0.3) is 0 Å². The lowest BCUT2D eigenvalue weighted by Crippen LogP contribution is -2.46. The van der Waals surface area contributed by atoms with Crippen LogP contribution < -0.4 is 10.6 Å². The molecular weight excluding hydrogens is 268 g/mol. The zero-order valence-corrected chi connectivity index (χ0v) is 13.1. The molecule has 0 aliphatic rings. The summed E-state index contributed by atoms with van der Waals surface area (Å²) in [5, 5.41) is 15.6. The highest BCUT2D eigenvalue weighted by atomic mass is 16.3. The number of benzene rings is 1. The Labute approximate surface area is 125 Å². The highest BCUT2D eigenvalue weighted by Gasteiger charge is 2.26. The van der Waals surface area contributed by atoms with Gasteiger partial charge in [-0.1, -0.05) is 30.3 Å². The average Bonchev–Trinajstić information content (AvgIpc) is 2.35. The van der Waals surface area contributed by atoms with Gasteiger partial charge in [0, 0.05) is 5.54 Å². The summed E-state index contributed by atoms with van der Waals surface area (Å²) in [5.41, 5.74) is -0.928. The van der Waals surface area contributed by atoms with Crippen molar-refractivity contribution in [2.75, 3.05) is 6.54 Å². The van der Waals surface area contributed by atoms with Crippen molar-refractivity contribution in [1.82, 2.24) is 10.6 Å². The Morgan fingerprint density at radius 3 is 2.14 bits per heavy atom. The zero-order valence-electron chi connectivity index (χ0n) is 13.1. The van der Waals surface area contributed by atoms with Crippen molar-refractivity contribution >= 4 is 11.8 Å². The van der Waals surface area contributed by atoms with Gasteiger partial charge in [-0.3, -0.25) is 9.59 Å². The standard InChI is InChI=1S/C16H24N2O3/c1-15(2,3)18-14(20)11-17-13(19)10-16(4,21)12-8-6-5-7-9-12/h5-9,21H,10-11H2,1-4H3,(H,17,19)(H,18,20). The van der Waals surface area contributed by atoms with Gasteiger partial charge in [0.15, 0.2) is 0 Å². The second-order valence-electron chi connectivity index (χ2n) is 6.39. The molecule has 1 aromatic rings. The maximum Gasteiger partial charge on any atom is 0.239 e. The van der Waals surface area contributed by atoms with Gasteiger partial charge in [0.25, 0.3) is 0 Å². The molecular formula is C16H24N2O3. The second kappa shape index (κ2) is 6.72. The first kappa shape index (κ1) is 17.2. The number of amides is 2. The lowest BCUT2D eigenvalue weighted by atomic mass is 9.92. The fourth-order valence-corrected chi connectivity index (χ4v) is 1.92. The Bertz CT molecular complexity index is 490. The second-order valence-corrected chi connectivity index (χ2v) is 6.39. The number of hydrogen-bond donors (Lipinski definition) is 3. The summed E-state index contributed by atoms with van der Waals surface area (Å²) in [6.07, 6.45) is -0.0974. The van der Waals surface area contributed by atoms with Crippen molar-refractivity contribution in [3.05, 3.63) is 35.9 Å². The molecule has 1 atom stereocenters. The molecule has 0 spiro atoms. The molecule has 1 rings (SSSR count). The molecule has 5 heteroatoms. The largest absolute Gasteiger partial charge is 0.385 e. The van der Waals surface area contributed by atoms with E-state index in [4.69, 9.17) is 0 Å². The molecule has 5 nitrogen and oxygen atoms in total. The van der Waals surface area contributed by atoms with Gasteiger partial charge in [0.1, 0.15) is 0 Å². The lowest BCUT2D eigenvalue weighted by molar-refractivity contribution is -0.129. The molecule has 0 saturated carbocycles. The van der Waals surface area contributed by atoms with Crippen molar-refractivity contribution in [2.45, 2.75) is 45.3 Å². The molecule has 21 heavy (non-hydrogen) atoms. The fourth-order valence-electron chi connectivity index (χ4n) is 1.92. The summed E-state index contributed by atoms with van der Waals surface area (Å²) in [4.78, 5) is 23.5. The SMILES string of the molecule is CC(C)(C)NC(=O)CNC(=O)CC(C)(O)c1ccccc1. The predicted molar refractivity (Wildman–Crippen MR) is 81.5 cm³/mol. The van der Waals surface area contributed by atoms with Gasteiger partial charge in [-0.05, 0) is 33.3 Å². The molecule has 0 fully saturated rings. The van der Waals surface area contributed by atoms with Crippen molar-refractivity contribution in [1.29, 1.82) is 0 Å². The monoisotopic (exact) mass is 292 g/mol. The molecule has 2 amide bonds. The molecule has 0 aromatic heterocycles. The van der Waals surface area contributed by atoms with Crippen LogP contribution >= 0.6 is 0 Å². The smallest absolute Gasteiger partial charge is 0.239 e.